The van der Waals surface area contributed by atoms with Gasteiger partial charge in [-0.1, -0.05) is 5.92 Å². The van der Waals surface area contributed by atoms with Gasteiger partial charge in [0, 0.05) is 6.07 Å². The van der Waals surface area contributed by atoms with E-state index in [1.165, 1.54) is 0 Å². The molecule has 0 aliphatic rings. The molecule has 0 bridgehead atoms. The Bertz CT molecular complexity index is 488. The lowest BCUT2D eigenvalue weighted by molar-refractivity contribution is -0.274. The number of alkyl halides is 3. The number of benzene rings is 1. The first-order chi connectivity index (χ1) is 8.33. The minimum absolute atomic E-state index is 0.268. The van der Waals surface area contributed by atoms with Gasteiger partial charge in [-0.25, -0.2) is 4.79 Å². The molecule has 0 saturated heterocycles. The maximum Gasteiger partial charge on any atom is 0.573 e. The third-order valence-electron chi connectivity index (χ3n) is 1.73. The predicted molar refractivity (Wildman–Crippen MR) is 54.4 cm³/mol. The first-order valence-corrected chi connectivity index (χ1v) is 4.53. The zero-order valence-corrected chi connectivity index (χ0v) is 8.82. The molecule has 0 saturated carbocycles. The van der Waals surface area contributed by atoms with Gasteiger partial charge in [0.05, 0.1) is 0 Å². The number of hydrogen-bond acceptors (Lipinski definition) is 3. The summed E-state index contributed by atoms with van der Waals surface area (Å²) in [6, 6.07) is 2.63. The first kappa shape index (κ1) is 13.7. The molecule has 0 fully saturated rings. The Kier molecular flexibility index (Phi) is 4.05. The maximum absolute atomic E-state index is 12.0. The number of hydrogen-bond donors (Lipinski definition) is 1. The van der Waals surface area contributed by atoms with Crippen molar-refractivity contribution in [1.82, 2.24) is 0 Å². The molecule has 96 valence electrons. The quantitative estimate of drug-likeness (QED) is 0.844. The molecule has 0 aliphatic carbocycles. The highest BCUT2D eigenvalue weighted by molar-refractivity contribution is 5.91. The van der Waals surface area contributed by atoms with Crippen molar-refractivity contribution in [1.29, 1.82) is 0 Å². The number of rotatable bonds is 4. The third-order valence-corrected chi connectivity index (χ3v) is 1.73. The van der Waals surface area contributed by atoms with Gasteiger partial charge >= 0.3 is 12.3 Å². The summed E-state index contributed by atoms with van der Waals surface area (Å²) in [5, 5.41) is 8.79. The van der Waals surface area contributed by atoms with E-state index in [0.29, 0.717) is 0 Å². The molecule has 18 heavy (non-hydrogen) atoms. The normalized spacial score (nSPS) is 10.6. The summed E-state index contributed by atoms with van der Waals surface area (Å²) in [6.45, 7) is -0.268. The van der Waals surface area contributed by atoms with Crippen LogP contribution in [0.2, 0.25) is 0 Å². The van der Waals surface area contributed by atoms with Gasteiger partial charge in [0.15, 0.2) is 0 Å². The Balaban J connectivity index is 3.05. The van der Waals surface area contributed by atoms with E-state index < -0.39 is 18.1 Å². The lowest BCUT2D eigenvalue weighted by atomic mass is 10.2. The van der Waals surface area contributed by atoms with Crippen LogP contribution in [0.3, 0.4) is 0 Å². The Hall–Kier alpha value is -2.36. The molecule has 4 nitrogen and oxygen atoms in total. The molecular weight excluding hydrogens is 253 g/mol. The summed E-state index contributed by atoms with van der Waals surface area (Å²) in [5.41, 5.74) is -0.306. The van der Waals surface area contributed by atoms with E-state index in [9.17, 15) is 18.0 Å². The van der Waals surface area contributed by atoms with Gasteiger partial charge in [-0.3, -0.25) is 0 Å². The van der Waals surface area contributed by atoms with E-state index >= 15 is 0 Å². The monoisotopic (exact) mass is 260 g/mol. The van der Waals surface area contributed by atoms with Crippen molar-refractivity contribution in [3.05, 3.63) is 23.8 Å². The Morgan fingerprint density at radius 1 is 1.44 bits per heavy atom. The van der Waals surface area contributed by atoms with Crippen LogP contribution in [0.5, 0.6) is 11.5 Å². The van der Waals surface area contributed by atoms with Gasteiger partial charge in [0.25, 0.3) is 0 Å². The molecule has 0 atom stereocenters. The fourth-order valence-corrected chi connectivity index (χ4v) is 1.12. The van der Waals surface area contributed by atoms with Crippen molar-refractivity contribution in [3.8, 4) is 23.8 Å². The molecule has 1 rings (SSSR count). The van der Waals surface area contributed by atoms with Gasteiger partial charge in [-0.15, -0.1) is 19.6 Å². The second-order valence-electron chi connectivity index (χ2n) is 3.00. The SMILES string of the molecule is C#CCOc1cc(OC(F)(F)F)ccc1C(=O)O. The van der Waals surface area contributed by atoms with E-state index in [4.69, 9.17) is 16.3 Å². The highest BCUT2D eigenvalue weighted by Gasteiger charge is 2.31. The van der Waals surface area contributed by atoms with Crippen molar-refractivity contribution >= 4 is 5.97 Å². The average molecular weight is 260 g/mol. The molecule has 0 aliphatic heterocycles. The zero-order valence-electron chi connectivity index (χ0n) is 8.82. The molecular formula is C11H7F3O4. The Morgan fingerprint density at radius 2 is 2.11 bits per heavy atom. The third kappa shape index (κ3) is 3.90. The lowest BCUT2D eigenvalue weighted by Crippen LogP contribution is -2.17. The highest BCUT2D eigenvalue weighted by atomic mass is 19.4. The van der Waals surface area contributed by atoms with Crippen molar-refractivity contribution in [3.63, 3.8) is 0 Å². The zero-order chi connectivity index (χ0) is 13.8. The summed E-state index contributed by atoms with van der Waals surface area (Å²) in [4.78, 5) is 10.8. The number of carboxylic acids is 1. The Labute approximate surface area is 99.9 Å². The summed E-state index contributed by atoms with van der Waals surface area (Å²) < 4.78 is 44.4. The fraction of sp³-hybridized carbons (Fsp3) is 0.182. The van der Waals surface area contributed by atoms with Gasteiger partial charge in [0.1, 0.15) is 23.7 Å². The smallest absolute Gasteiger partial charge is 0.480 e. The van der Waals surface area contributed by atoms with Crippen LogP contribution in [-0.2, 0) is 0 Å². The molecule has 0 aromatic heterocycles. The van der Waals surface area contributed by atoms with Crippen LogP contribution in [0.15, 0.2) is 18.2 Å². The van der Waals surface area contributed by atoms with Crippen LogP contribution in [0.1, 0.15) is 10.4 Å². The second kappa shape index (κ2) is 5.31. The molecule has 0 heterocycles. The molecule has 1 aromatic rings. The molecule has 0 unspecified atom stereocenters. The van der Waals surface area contributed by atoms with Gasteiger partial charge < -0.3 is 14.6 Å². The summed E-state index contributed by atoms with van der Waals surface area (Å²) in [6.07, 6.45) is 0.0417. The number of terminal acetylenes is 1. The number of carbonyl (C=O) groups is 1. The van der Waals surface area contributed by atoms with Crippen molar-refractivity contribution in [2.24, 2.45) is 0 Å². The van der Waals surface area contributed by atoms with Crippen molar-refractivity contribution in [2.75, 3.05) is 6.61 Å². The standard InChI is InChI=1S/C11H7F3O4/c1-2-5-17-9-6-7(18-11(12,13)14)3-4-8(9)10(15)16/h1,3-4,6H,5H2,(H,15,16). The van der Waals surface area contributed by atoms with E-state index in [1.54, 1.807) is 0 Å². The van der Waals surface area contributed by atoms with Crippen LogP contribution < -0.4 is 9.47 Å². The molecule has 7 heteroatoms. The van der Waals surface area contributed by atoms with Gasteiger partial charge in [-0.2, -0.15) is 0 Å². The van der Waals surface area contributed by atoms with Gasteiger partial charge in [-0.05, 0) is 12.1 Å². The maximum atomic E-state index is 12.0. The van der Waals surface area contributed by atoms with Crippen LogP contribution >= 0.6 is 0 Å². The molecule has 1 N–H and O–H groups in total. The number of ether oxygens (including phenoxy) is 2. The highest BCUT2D eigenvalue weighted by Crippen LogP contribution is 2.29. The largest absolute Gasteiger partial charge is 0.573 e. The molecule has 0 spiro atoms. The minimum Gasteiger partial charge on any atom is -0.480 e. The summed E-state index contributed by atoms with van der Waals surface area (Å²) >= 11 is 0. The van der Waals surface area contributed by atoms with Crippen LogP contribution in [-0.4, -0.2) is 24.0 Å². The molecule has 1 aromatic carbocycles. The second-order valence-corrected chi connectivity index (χ2v) is 3.00. The van der Waals surface area contributed by atoms with Crippen molar-refractivity contribution in [2.45, 2.75) is 6.36 Å². The summed E-state index contributed by atoms with van der Waals surface area (Å²) in [5.74, 6) is -0.148. The van der Waals surface area contributed by atoms with E-state index in [2.05, 4.69) is 10.7 Å². The van der Waals surface area contributed by atoms with Crippen LogP contribution in [0, 0.1) is 12.3 Å². The topological polar surface area (TPSA) is 55.8 Å². The average Bonchev–Trinajstić information content (AvgIpc) is 2.23. The molecule has 0 radical (unpaired) electrons. The number of carboxylic acid groups (broad SMARTS) is 1. The fourth-order valence-electron chi connectivity index (χ4n) is 1.12. The number of aromatic carboxylic acids is 1. The van der Waals surface area contributed by atoms with Crippen LogP contribution in [0.4, 0.5) is 13.2 Å². The van der Waals surface area contributed by atoms with E-state index in [1.807, 2.05) is 0 Å². The lowest BCUT2D eigenvalue weighted by Gasteiger charge is -2.11. The van der Waals surface area contributed by atoms with Crippen molar-refractivity contribution < 1.29 is 32.5 Å². The number of halogens is 3. The first-order valence-electron chi connectivity index (χ1n) is 4.53. The predicted octanol–water partition coefficient (Wildman–Crippen LogP) is 2.30. The van der Waals surface area contributed by atoms with E-state index in [-0.39, 0.29) is 17.9 Å². The van der Waals surface area contributed by atoms with E-state index in [0.717, 1.165) is 18.2 Å². The Morgan fingerprint density at radius 3 is 2.61 bits per heavy atom. The molecule has 0 amide bonds. The van der Waals surface area contributed by atoms with Crippen LogP contribution in [0.25, 0.3) is 0 Å². The van der Waals surface area contributed by atoms with Gasteiger partial charge in [0.2, 0.25) is 0 Å². The minimum atomic E-state index is -4.87. The summed E-state index contributed by atoms with van der Waals surface area (Å²) in [7, 11) is 0.